The summed E-state index contributed by atoms with van der Waals surface area (Å²) in [7, 11) is 0. The predicted octanol–water partition coefficient (Wildman–Crippen LogP) is 2.43. The summed E-state index contributed by atoms with van der Waals surface area (Å²) in [5.74, 6) is 0.354. The van der Waals surface area contributed by atoms with Crippen molar-refractivity contribution in [2.45, 2.75) is 25.4 Å². The van der Waals surface area contributed by atoms with E-state index in [-0.39, 0.29) is 0 Å². The van der Waals surface area contributed by atoms with Crippen molar-refractivity contribution in [3.05, 3.63) is 28.2 Å². The summed E-state index contributed by atoms with van der Waals surface area (Å²) in [4.78, 5) is 5.13. The van der Waals surface area contributed by atoms with Crippen LogP contribution in [0.5, 0.6) is 5.75 Å². The molecule has 0 aliphatic carbocycles. The van der Waals surface area contributed by atoms with Gasteiger partial charge in [-0.25, -0.2) is 0 Å². The molecule has 0 saturated carbocycles. The Balaban J connectivity index is 1.67. The van der Waals surface area contributed by atoms with Crippen LogP contribution in [0.1, 0.15) is 18.4 Å². The van der Waals surface area contributed by atoms with Crippen LogP contribution in [-0.4, -0.2) is 47.1 Å². The van der Waals surface area contributed by atoms with Crippen molar-refractivity contribution < 1.29 is 5.11 Å². The van der Waals surface area contributed by atoms with Gasteiger partial charge < -0.3 is 5.11 Å². The van der Waals surface area contributed by atoms with Crippen LogP contribution in [0.2, 0.25) is 0 Å². The Morgan fingerprint density at radius 1 is 1.28 bits per heavy atom. The highest BCUT2D eigenvalue weighted by Crippen LogP contribution is 2.26. The molecule has 0 spiro atoms. The maximum atomic E-state index is 9.57. The molecule has 0 aromatic heterocycles. The van der Waals surface area contributed by atoms with E-state index in [1.54, 1.807) is 6.07 Å². The van der Waals surface area contributed by atoms with Crippen LogP contribution in [0.4, 0.5) is 0 Å². The van der Waals surface area contributed by atoms with Crippen LogP contribution in [0.3, 0.4) is 0 Å². The van der Waals surface area contributed by atoms with Crippen molar-refractivity contribution >= 4 is 15.9 Å². The zero-order valence-electron chi connectivity index (χ0n) is 10.5. The van der Waals surface area contributed by atoms with Crippen molar-refractivity contribution in [2.24, 2.45) is 0 Å². The van der Waals surface area contributed by atoms with E-state index in [9.17, 15) is 5.11 Å². The van der Waals surface area contributed by atoms with Gasteiger partial charge in [-0.2, -0.15) is 0 Å². The molecule has 1 aromatic carbocycles. The van der Waals surface area contributed by atoms with E-state index < -0.39 is 0 Å². The van der Waals surface area contributed by atoms with E-state index in [1.807, 2.05) is 12.1 Å². The van der Waals surface area contributed by atoms with Gasteiger partial charge in [0.15, 0.2) is 0 Å². The normalized spacial score (nSPS) is 25.3. The van der Waals surface area contributed by atoms with Crippen molar-refractivity contribution in [1.82, 2.24) is 9.80 Å². The zero-order valence-corrected chi connectivity index (χ0v) is 12.1. The molecule has 18 heavy (non-hydrogen) atoms. The molecule has 1 atom stereocenters. The highest BCUT2D eigenvalue weighted by atomic mass is 79.9. The molecule has 2 fully saturated rings. The second-order valence-corrected chi connectivity index (χ2v) is 6.20. The number of aromatic hydroxyl groups is 1. The van der Waals surface area contributed by atoms with Crippen LogP contribution >= 0.6 is 15.9 Å². The smallest absolute Gasteiger partial charge is 0.115 e. The summed E-state index contributed by atoms with van der Waals surface area (Å²) >= 11 is 3.57. The van der Waals surface area contributed by atoms with Crippen molar-refractivity contribution in [3.63, 3.8) is 0 Å². The molecule has 98 valence electrons. The van der Waals surface area contributed by atoms with Crippen molar-refractivity contribution in [2.75, 3.05) is 26.2 Å². The number of benzene rings is 1. The highest BCUT2D eigenvalue weighted by Gasteiger charge is 2.30. The molecule has 1 N–H and O–H groups in total. The first-order valence-electron chi connectivity index (χ1n) is 6.66. The summed E-state index contributed by atoms with van der Waals surface area (Å²) in [6.45, 7) is 5.72. The third-order valence-corrected chi connectivity index (χ3v) is 4.87. The Kier molecular flexibility index (Phi) is 3.59. The first kappa shape index (κ1) is 12.5. The van der Waals surface area contributed by atoms with Gasteiger partial charge in [-0.1, -0.05) is 15.9 Å². The minimum absolute atomic E-state index is 0.354. The monoisotopic (exact) mass is 310 g/mol. The second-order valence-electron chi connectivity index (χ2n) is 5.34. The summed E-state index contributed by atoms with van der Waals surface area (Å²) < 4.78 is 1.09. The first-order chi connectivity index (χ1) is 8.72. The molecule has 1 unspecified atom stereocenters. The topological polar surface area (TPSA) is 26.7 Å². The number of rotatable bonds is 2. The SMILES string of the molecule is Oc1ccc(Br)c(CN2CCN3CCCC3C2)c1. The van der Waals surface area contributed by atoms with Gasteiger partial charge in [-0.3, -0.25) is 9.80 Å². The fraction of sp³-hybridized carbons (Fsp3) is 0.571. The molecular formula is C14H19BrN2O. The quantitative estimate of drug-likeness (QED) is 0.909. The van der Waals surface area contributed by atoms with Crippen molar-refractivity contribution in [1.29, 1.82) is 0 Å². The molecule has 0 radical (unpaired) electrons. The Bertz CT molecular complexity index is 438. The maximum absolute atomic E-state index is 9.57. The van der Waals surface area contributed by atoms with E-state index in [0.717, 1.165) is 23.6 Å². The lowest BCUT2D eigenvalue weighted by atomic mass is 10.1. The first-order valence-corrected chi connectivity index (χ1v) is 7.45. The Morgan fingerprint density at radius 2 is 2.17 bits per heavy atom. The van der Waals surface area contributed by atoms with Gasteiger partial charge in [-0.05, 0) is 43.1 Å². The van der Waals surface area contributed by atoms with Crippen LogP contribution in [0, 0.1) is 0 Å². The number of piperazine rings is 1. The van der Waals surface area contributed by atoms with Gasteiger partial charge in [0.25, 0.3) is 0 Å². The predicted molar refractivity (Wildman–Crippen MR) is 75.7 cm³/mol. The minimum Gasteiger partial charge on any atom is -0.508 e. The number of halogens is 1. The Hall–Kier alpha value is -0.580. The van der Waals surface area contributed by atoms with Gasteiger partial charge in [0, 0.05) is 36.7 Å². The van der Waals surface area contributed by atoms with Crippen molar-refractivity contribution in [3.8, 4) is 5.75 Å². The minimum atomic E-state index is 0.354. The van der Waals surface area contributed by atoms with Crippen LogP contribution in [0.15, 0.2) is 22.7 Å². The molecule has 2 aliphatic rings. The third-order valence-electron chi connectivity index (χ3n) is 4.09. The number of nitrogens with zero attached hydrogens (tertiary/aromatic N) is 2. The summed E-state index contributed by atoms with van der Waals surface area (Å²) in [6.07, 6.45) is 2.70. The highest BCUT2D eigenvalue weighted by molar-refractivity contribution is 9.10. The summed E-state index contributed by atoms with van der Waals surface area (Å²) in [6, 6.07) is 6.28. The van der Waals surface area contributed by atoms with Gasteiger partial charge in [0.2, 0.25) is 0 Å². The third kappa shape index (κ3) is 2.56. The lowest BCUT2D eigenvalue weighted by molar-refractivity contribution is 0.0992. The number of hydrogen-bond donors (Lipinski definition) is 1. The molecular weight excluding hydrogens is 292 g/mol. The molecule has 2 aliphatic heterocycles. The maximum Gasteiger partial charge on any atom is 0.115 e. The zero-order chi connectivity index (χ0) is 12.5. The lowest BCUT2D eigenvalue weighted by Gasteiger charge is -2.37. The molecule has 2 saturated heterocycles. The van der Waals surface area contributed by atoms with E-state index in [2.05, 4.69) is 25.7 Å². The Labute approximate surface area is 117 Å². The standard InChI is InChI=1S/C14H19BrN2O/c15-14-4-3-13(18)8-11(14)9-16-6-7-17-5-1-2-12(17)10-16/h3-4,8,12,18H,1-2,5-7,9-10H2. The van der Waals surface area contributed by atoms with Gasteiger partial charge in [0.05, 0.1) is 0 Å². The molecule has 0 bridgehead atoms. The fourth-order valence-electron chi connectivity index (χ4n) is 3.12. The van der Waals surface area contributed by atoms with E-state index >= 15 is 0 Å². The summed E-state index contributed by atoms with van der Waals surface area (Å²) in [5.41, 5.74) is 1.18. The molecule has 0 amide bonds. The molecule has 3 rings (SSSR count). The second kappa shape index (κ2) is 5.19. The average molecular weight is 311 g/mol. The number of phenolic OH excluding ortho intramolecular Hbond substituents is 1. The molecule has 1 aromatic rings. The average Bonchev–Trinajstić information content (AvgIpc) is 2.81. The van der Waals surface area contributed by atoms with Crippen LogP contribution < -0.4 is 0 Å². The van der Waals surface area contributed by atoms with Crippen LogP contribution in [0.25, 0.3) is 0 Å². The van der Waals surface area contributed by atoms with Crippen LogP contribution in [-0.2, 0) is 6.54 Å². The van der Waals surface area contributed by atoms with Gasteiger partial charge in [0.1, 0.15) is 5.75 Å². The molecule has 3 nitrogen and oxygen atoms in total. The molecule has 2 heterocycles. The largest absolute Gasteiger partial charge is 0.508 e. The lowest BCUT2D eigenvalue weighted by Crippen LogP contribution is -2.49. The summed E-state index contributed by atoms with van der Waals surface area (Å²) in [5, 5.41) is 9.57. The van der Waals surface area contributed by atoms with E-state index in [1.165, 1.54) is 38.0 Å². The van der Waals surface area contributed by atoms with E-state index in [0.29, 0.717) is 5.75 Å². The number of hydrogen-bond acceptors (Lipinski definition) is 3. The number of phenols is 1. The van der Waals surface area contributed by atoms with Gasteiger partial charge in [-0.15, -0.1) is 0 Å². The molecule has 4 heteroatoms. The van der Waals surface area contributed by atoms with E-state index in [4.69, 9.17) is 0 Å². The number of fused-ring (bicyclic) bond motifs is 1. The Morgan fingerprint density at radius 3 is 3.06 bits per heavy atom. The fourth-order valence-corrected chi connectivity index (χ4v) is 3.49. The van der Waals surface area contributed by atoms with Gasteiger partial charge >= 0.3 is 0 Å².